The maximum atomic E-state index is 14.4. The number of rotatable bonds is 2. The summed E-state index contributed by atoms with van der Waals surface area (Å²) in [6.07, 6.45) is -4.81. The number of guanidine groups is 1. The van der Waals surface area contributed by atoms with Gasteiger partial charge in [-0.25, -0.2) is 0 Å². The number of nitrogens with one attached hydrogen (secondary N) is 2. The molecular weight excluding hydrogens is 367 g/mol. The molecule has 3 aromatic rings. The summed E-state index contributed by atoms with van der Waals surface area (Å²) in [5.74, 6) is -0.0189. The topological polar surface area (TPSA) is 45.7 Å². The van der Waals surface area contributed by atoms with Crippen LogP contribution in [-0.4, -0.2) is 12.1 Å². The number of aliphatic imine (C=N–C) groups is 1. The molecule has 0 bridgehead atoms. The van der Waals surface area contributed by atoms with Crippen LogP contribution in [0, 0.1) is 0 Å². The molecular formula is C21H16F3N3O. The van der Waals surface area contributed by atoms with Gasteiger partial charge in [0, 0.05) is 11.3 Å². The highest BCUT2D eigenvalue weighted by Gasteiger charge is 2.60. The molecule has 0 saturated heterocycles. The van der Waals surface area contributed by atoms with Crippen LogP contribution in [0.5, 0.6) is 5.75 Å². The smallest absolute Gasteiger partial charge is 0.451 e. The van der Waals surface area contributed by atoms with E-state index in [-0.39, 0.29) is 17.3 Å². The average molecular weight is 383 g/mol. The van der Waals surface area contributed by atoms with E-state index in [4.69, 9.17) is 4.74 Å². The fourth-order valence-electron chi connectivity index (χ4n) is 2.94. The van der Waals surface area contributed by atoms with Gasteiger partial charge in [-0.2, -0.15) is 18.2 Å². The molecule has 0 spiro atoms. The second-order valence-corrected chi connectivity index (χ2v) is 6.18. The summed E-state index contributed by atoms with van der Waals surface area (Å²) in [4.78, 5) is 4.01. The van der Waals surface area contributed by atoms with Crippen molar-refractivity contribution in [2.24, 2.45) is 4.99 Å². The molecule has 2 N–H and O–H groups in total. The minimum atomic E-state index is -4.81. The number of halogens is 3. The first-order chi connectivity index (χ1) is 13.5. The maximum Gasteiger partial charge on any atom is 0.455 e. The number of para-hydroxylation sites is 3. The molecule has 0 saturated carbocycles. The summed E-state index contributed by atoms with van der Waals surface area (Å²) in [5, 5.41) is 5.84. The Morgan fingerprint density at radius 2 is 1.43 bits per heavy atom. The van der Waals surface area contributed by atoms with E-state index < -0.39 is 11.9 Å². The molecule has 1 unspecified atom stereocenters. The van der Waals surface area contributed by atoms with Crippen LogP contribution in [0.3, 0.4) is 0 Å². The maximum absolute atomic E-state index is 14.4. The zero-order valence-corrected chi connectivity index (χ0v) is 14.6. The zero-order valence-electron chi connectivity index (χ0n) is 14.6. The van der Waals surface area contributed by atoms with Gasteiger partial charge in [0.1, 0.15) is 5.75 Å². The second-order valence-electron chi connectivity index (χ2n) is 6.18. The summed E-state index contributed by atoms with van der Waals surface area (Å²) < 4.78 is 48.7. The van der Waals surface area contributed by atoms with Crippen LogP contribution in [0.2, 0.25) is 0 Å². The minimum Gasteiger partial charge on any atom is -0.451 e. The van der Waals surface area contributed by atoms with Crippen molar-refractivity contribution in [3.8, 4) is 5.75 Å². The van der Waals surface area contributed by atoms with Crippen LogP contribution in [0.4, 0.5) is 24.5 Å². The highest BCUT2D eigenvalue weighted by atomic mass is 19.4. The predicted octanol–water partition coefficient (Wildman–Crippen LogP) is 5.37. The fraction of sp³-hybridized carbons (Fsp3) is 0.0952. The Balaban J connectivity index is 1.90. The van der Waals surface area contributed by atoms with Gasteiger partial charge in [-0.05, 0) is 24.3 Å². The van der Waals surface area contributed by atoms with Crippen LogP contribution in [0.25, 0.3) is 0 Å². The lowest BCUT2D eigenvalue weighted by Crippen LogP contribution is -2.47. The van der Waals surface area contributed by atoms with Crippen molar-refractivity contribution in [2.45, 2.75) is 11.9 Å². The number of ether oxygens (including phenoxy) is 1. The van der Waals surface area contributed by atoms with Crippen molar-refractivity contribution in [3.63, 3.8) is 0 Å². The van der Waals surface area contributed by atoms with Crippen LogP contribution < -0.4 is 15.4 Å². The van der Waals surface area contributed by atoms with Gasteiger partial charge in [-0.15, -0.1) is 0 Å². The third-order valence-corrected chi connectivity index (χ3v) is 4.25. The number of fused-ring (bicyclic) bond motifs is 1. The Morgan fingerprint density at radius 3 is 2.11 bits per heavy atom. The molecule has 0 aromatic heterocycles. The quantitative estimate of drug-likeness (QED) is 0.625. The molecule has 0 radical (unpaired) electrons. The van der Waals surface area contributed by atoms with Crippen LogP contribution in [0.15, 0.2) is 89.9 Å². The van der Waals surface area contributed by atoms with E-state index in [0.717, 1.165) is 0 Å². The molecule has 3 aromatic carbocycles. The summed E-state index contributed by atoms with van der Waals surface area (Å²) >= 11 is 0. The van der Waals surface area contributed by atoms with Gasteiger partial charge in [0.2, 0.25) is 5.96 Å². The highest BCUT2D eigenvalue weighted by molar-refractivity contribution is 6.05. The number of benzene rings is 3. The van der Waals surface area contributed by atoms with Gasteiger partial charge >= 0.3 is 11.9 Å². The molecule has 7 heteroatoms. The number of hydrogen-bond donors (Lipinski definition) is 2. The third kappa shape index (κ3) is 3.26. The predicted molar refractivity (Wildman–Crippen MR) is 102 cm³/mol. The fourth-order valence-corrected chi connectivity index (χ4v) is 2.94. The van der Waals surface area contributed by atoms with Gasteiger partial charge in [-0.1, -0.05) is 60.7 Å². The Bertz CT molecular complexity index is 991. The molecule has 142 valence electrons. The molecule has 28 heavy (non-hydrogen) atoms. The normalized spacial score (nSPS) is 18.8. The lowest BCUT2D eigenvalue weighted by molar-refractivity contribution is -0.251. The average Bonchev–Trinajstić information content (AvgIpc) is 2.86. The lowest BCUT2D eigenvalue weighted by Gasteiger charge is -2.32. The summed E-state index contributed by atoms with van der Waals surface area (Å²) in [6, 6.07) is 22.7. The van der Waals surface area contributed by atoms with E-state index in [1.54, 1.807) is 48.5 Å². The summed E-state index contributed by atoms with van der Waals surface area (Å²) in [6.45, 7) is 0. The minimum absolute atomic E-state index is 0.0530. The number of alkyl halides is 3. The summed E-state index contributed by atoms with van der Waals surface area (Å²) in [5.41, 5.74) is -2.04. The first kappa shape index (κ1) is 17.9. The Kier molecular flexibility index (Phi) is 4.43. The molecule has 0 amide bonds. The molecule has 4 nitrogen and oxygen atoms in total. The van der Waals surface area contributed by atoms with Crippen LogP contribution in [0.1, 0.15) is 5.56 Å². The van der Waals surface area contributed by atoms with Crippen LogP contribution in [-0.2, 0) is 5.72 Å². The van der Waals surface area contributed by atoms with Crippen molar-refractivity contribution in [1.82, 2.24) is 0 Å². The van der Waals surface area contributed by atoms with E-state index in [0.29, 0.717) is 11.4 Å². The zero-order chi connectivity index (χ0) is 19.6. The molecule has 0 aliphatic carbocycles. The SMILES string of the molecule is FC(F)(F)C1(c2ccccc2)N=C(Nc2ccccc2)Nc2ccccc2O1. The van der Waals surface area contributed by atoms with Crippen molar-refractivity contribution in [3.05, 3.63) is 90.5 Å². The number of hydrogen-bond acceptors (Lipinski definition) is 4. The van der Waals surface area contributed by atoms with Crippen LogP contribution >= 0.6 is 0 Å². The van der Waals surface area contributed by atoms with Gasteiger partial charge < -0.3 is 15.4 Å². The Hall–Kier alpha value is -3.48. The first-order valence-corrected chi connectivity index (χ1v) is 8.57. The largest absolute Gasteiger partial charge is 0.455 e. The Morgan fingerprint density at radius 1 is 0.821 bits per heavy atom. The Labute approximate surface area is 159 Å². The van der Waals surface area contributed by atoms with Crippen molar-refractivity contribution in [2.75, 3.05) is 10.6 Å². The molecule has 1 aliphatic rings. The monoisotopic (exact) mass is 383 g/mol. The van der Waals surface area contributed by atoms with E-state index in [9.17, 15) is 13.2 Å². The van der Waals surface area contributed by atoms with Gasteiger partial charge in [-0.3, -0.25) is 0 Å². The van der Waals surface area contributed by atoms with E-state index in [1.807, 2.05) is 6.07 Å². The van der Waals surface area contributed by atoms with E-state index in [2.05, 4.69) is 15.6 Å². The van der Waals surface area contributed by atoms with Gasteiger partial charge in [0.15, 0.2) is 0 Å². The second kappa shape index (κ2) is 6.92. The number of anilines is 2. The van der Waals surface area contributed by atoms with Gasteiger partial charge in [0.05, 0.1) is 5.69 Å². The summed E-state index contributed by atoms with van der Waals surface area (Å²) in [7, 11) is 0. The molecule has 1 atom stereocenters. The number of nitrogens with zero attached hydrogens (tertiary/aromatic N) is 1. The van der Waals surface area contributed by atoms with E-state index in [1.165, 1.54) is 30.3 Å². The molecule has 1 aliphatic heterocycles. The highest BCUT2D eigenvalue weighted by Crippen LogP contribution is 2.46. The lowest BCUT2D eigenvalue weighted by atomic mass is 10.0. The van der Waals surface area contributed by atoms with Gasteiger partial charge in [0.25, 0.3) is 0 Å². The molecule has 0 fully saturated rings. The van der Waals surface area contributed by atoms with E-state index >= 15 is 0 Å². The van der Waals surface area contributed by atoms with Crippen molar-refractivity contribution in [1.29, 1.82) is 0 Å². The third-order valence-electron chi connectivity index (χ3n) is 4.25. The molecule has 1 heterocycles. The molecule has 4 rings (SSSR count). The van der Waals surface area contributed by atoms with Crippen molar-refractivity contribution < 1.29 is 17.9 Å². The van der Waals surface area contributed by atoms with Crippen molar-refractivity contribution >= 4 is 17.3 Å². The standard InChI is InChI=1S/C21H16F3N3O/c22-21(23,24)20(15-9-3-1-4-10-15)27-19(25-16-11-5-2-6-12-16)26-17-13-7-8-14-18(17)28-20/h1-14H,(H2,25,26,27). The first-order valence-electron chi connectivity index (χ1n) is 8.57.